The molecule has 1 heterocycles. The number of aromatic nitrogens is 3. The van der Waals surface area contributed by atoms with Crippen molar-refractivity contribution in [2.24, 2.45) is 0 Å². The predicted octanol–water partition coefficient (Wildman–Crippen LogP) is 4.19. The molecule has 3 rings (SSSR count). The third kappa shape index (κ3) is 4.05. The standard InChI is InChI=1S/C17H13BrF2N4O2/c1-10-15(16(25)21-12-4-2-11(18)3-5-12)22-23-24(10)13-6-8-14(9-7-13)26-17(19)20/h2-9,17H,1H3,(H,21,25). The Morgan fingerprint density at radius 2 is 1.81 bits per heavy atom. The minimum absolute atomic E-state index is 0.0368. The Kier molecular flexibility index (Phi) is 5.27. The van der Waals surface area contributed by atoms with Crippen molar-refractivity contribution in [1.29, 1.82) is 0 Å². The van der Waals surface area contributed by atoms with Crippen LogP contribution in [0.5, 0.6) is 5.75 Å². The van der Waals surface area contributed by atoms with Crippen LogP contribution in [0.2, 0.25) is 0 Å². The monoisotopic (exact) mass is 422 g/mol. The number of carbonyl (C=O) groups is 1. The number of hydrogen-bond donors (Lipinski definition) is 1. The quantitative estimate of drug-likeness (QED) is 0.668. The Balaban J connectivity index is 1.78. The van der Waals surface area contributed by atoms with Gasteiger partial charge in [0.15, 0.2) is 5.69 Å². The molecule has 0 bridgehead atoms. The van der Waals surface area contributed by atoms with Gasteiger partial charge in [-0.05, 0) is 55.5 Å². The van der Waals surface area contributed by atoms with Crippen LogP contribution in [0.25, 0.3) is 5.69 Å². The molecule has 6 nitrogen and oxygen atoms in total. The van der Waals surface area contributed by atoms with Crippen LogP contribution in [-0.4, -0.2) is 27.5 Å². The molecule has 0 aliphatic carbocycles. The number of amides is 1. The fourth-order valence-electron chi connectivity index (χ4n) is 2.28. The van der Waals surface area contributed by atoms with Gasteiger partial charge in [0, 0.05) is 10.2 Å². The molecule has 1 aromatic heterocycles. The molecule has 0 saturated heterocycles. The Bertz CT molecular complexity index is 912. The van der Waals surface area contributed by atoms with Crippen LogP contribution < -0.4 is 10.1 Å². The van der Waals surface area contributed by atoms with E-state index < -0.39 is 12.5 Å². The van der Waals surface area contributed by atoms with Crippen molar-refractivity contribution in [1.82, 2.24) is 15.0 Å². The van der Waals surface area contributed by atoms with E-state index in [0.29, 0.717) is 17.1 Å². The molecule has 3 aromatic rings. The number of nitrogens with zero attached hydrogens (tertiary/aromatic N) is 3. The first-order chi connectivity index (χ1) is 12.4. The molecule has 0 aliphatic rings. The first-order valence-corrected chi connectivity index (χ1v) is 8.28. The zero-order chi connectivity index (χ0) is 18.7. The first kappa shape index (κ1) is 18.0. The molecule has 1 amide bonds. The molecule has 134 valence electrons. The molecular formula is C17H13BrF2N4O2. The van der Waals surface area contributed by atoms with Gasteiger partial charge >= 0.3 is 6.61 Å². The van der Waals surface area contributed by atoms with Crippen LogP contribution in [0.3, 0.4) is 0 Å². The van der Waals surface area contributed by atoms with Crippen molar-refractivity contribution in [3.05, 3.63) is 64.4 Å². The number of ether oxygens (including phenoxy) is 1. The van der Waals surface area contributed by atoms with Crippen molar-refractivity contribution < 1.29 is 18.3 Å². The maximum Gasteiger partial charge on any atom is 0.387 e. The minimum Gasteiger partial charge on any atom is -0.435 e. The largest absolute Gasteiger partial charge is 0.435 e. The van der Waals surface area contributed by atoms with Crippen molar-refractivity contribution in [3.63, 3.8) is 0 Å². The van der Waals surface area contributed by atoms with E-state index in [1.54, 1.807) is 31.2 Å². The molecule has 0 fully saturated rings. The van der Waals surface area contributed by atoms with Gasteiger partial charge in [0.2, 0.25) is 0 Å². The van der Waals surface area contributed by atoms with Gasteiger partial charge in [0.1, 0.15) is 5.75 Å². The normalized spacial score (nSPS) is 10.8. The third-order valence-electron chi connectivity index (χ3n) is 3.52. The average Bonchev–Trinajstić information content (AvgIpc) is 2.99. The van der Waals surface area contributed by atoms with Crippen LogP contribution in [0, 0.1) is 6.92 Å². The summed E-state index contributed by atoms with van der Waals surface area (Å²) >= 11 is 3.33. The van der Waals surface area contributed by atoms with E-state index in [1.807, 2.05) is 12.1 Å². The van der Waals surface area contributed by atoms with Gasteiger partial charge in [-0.1, -0.05) is 21.1 Å². The van der Waals surface area contributed by atoms with E-state index in [0.717, 1.165) is 4.47 Å². The summed E-state index contributed by atoms with van der Waals surface area (Å²) in [7, 11) is 0. The van der Waals surface area contributed by atoms with Crippen LogP contribution >= 0.6 is 15.9 Å². The van der Waals surface area contributed by atoms with Gasteiger partial charge in [-0.15, -0.1) is 5.10 Å². The van der Waals surface area contributed by atoms with Gasteiger partial charge < -0.3 is 10.1 Å². The highest BCUT2D eigenvalue weighted by Crippen LogP contribution is 2.20. The molecule has 0 unspecified atom stereocenters. The number of nitrogens with one attached hydrogen (secondary N) is 1. The molecule has 0 saturated carbocycles. The lowest BCUT2D eigenvalue weighted by molar-refractivity contribution is -0.0498. The van der Waals surface area contributed by atoms with E-state index in [1.165, 1.54) is 16.8 Å². The fourth-order valence-corrected chi connectivity index (χ4v) is 2.54. The lowest BCUT2D eigenvalue weighted by Gasteiger charge is -2.07. The molecule has 0 aliphatic heterocycles. The van der Waals surface area contributed by atoms with Crippen LogP contribution in [0.4, 0.5) is 14.5 Å². The lowest BCUT2D eigenvalue weighted by atomic mass is 10.2. The zero-order valence-corrected chi connectivity index (χ0v) is 15.1. The van der Waals surface area contributed by atoms with Gasteiger partial charge in [0.05, 0.1) is 11.4 Å². The molecule has 9 heteroatoms. The molecule has 0 spiro atoms. The van der Waals surface area contributed by atoms with Crippen molar-refractivity contribution in [2.45, 2.75) is 13.5 Å². The topological polar surface area (TPSA) is 69.0 Å². The van der Waals surface area contributed by atoms with Crippen molar-refractivity contribution in [2.75, 3.05) is 5.32 Å². The third-order valence-corrected chi connectivity index (χ3v) is 4.05. The molecule has 0 atom stereocenters. The summed E-state index contributed by atoms with van der Waals surface area (Å²) in [4.78, 5) is 12.4. The van der Waals surface area contributed by atoms with E-state index in [9.17, 15) is 13.6 Å². The molecule has 26 heavy (non-hydrogen) atoms. The maximum atomic E-state index is 12.4. The summed E-state index contributed by atoms with van der Waals surface area (Å²) in [5, 5.41) is 10.6. The smallest absolute Gasteiger partial charge is 0.387 e. The molecule has 2 aromatic carbocycles. The predicted molar refractivity (Wildman–Crippen MR) is 94.8 cm³/mol. The molecule has 1 N–H and O–H groups in total. The van der Waals surface area contributed by atoms with E-state index in [-0.39, 0.29) is 11.4 Å². The summed E-state index contributed by atoms with van der Waals surface area (Å²) < 4.78 is 31.1. The second-order valence-electron chi connectivity index (χ2n) is 5.27. The number of hydrogen-bond acceptors (Lipinski definition) is 4. The van der Waals surface area contributed by atoms with Crippen LogP contribution in [0.1, 0.15) is 16.2 Å². The van der Waals surface area contributed by atoms with Gasteiger partial charge in [-0.3, -0.25) is 4.79 Å². The summed E-state index contributed by atoms with van der Waals surface area (Å²) in [5.74, 6) is -0.358. The van der Waals surface area contributed by atoms with E-state index in [4.69, 9.17) is 0 Å². The Hall–Kier alpha value is -2.81. The zero-order valence-electron chi connectivity index (χ0n) is 13.5. The lowest BCUT2D eigenvalue weighted by Crippen LogP contribution is -2.14. The minimum atomic E-state index is -2.89. The number of anilines is 1. The summed E-state index contributed by atoms with van der Waals surface area (Å²) in [5.41, 5.74) is 1.88. The number of benzene rings is 2. The highest BCUT2D eigenvalue weighted by Gasteiger charge is 2.17. The number of halogens is 3. The van der Waals surface area contributed by atoms with Gasteiger partial charge in [-0.25, -0.2) is 4.68 Å². The second kappa shape index (κ2) is 7.61. The summed E-state index contributed by atoms with van der Waals surface area (Å²) in [6.07, 6.45) is 0. The van der Waals surface area contributed by atoms with Crippen LogP contribution in [0.15, 0.2) is 53.0 Å². The second-order valence-corrected chi connectivity index (χ2v) is 6.18. The SMILES string of the molecule is Cc1c(C(=O)Nc2ccc(Br)cc2)nnn1-c1ccc(OC(F)F)cc1. The van der Waals surface area contributed by atoms with Gasteiger partial charge in [0.25, 0.3) is 5.91 Å². The van der Waals surface area contributed by atoms with E-state index >= 15 is 0 Å². The Labute approximate surface area is 155 Å². The number of carbonyl (C=O) groups excluding carboxylic acids is 1. The van der Waals surface area contributed by atoms with Gasteiger partial charge in [-0.2, -0.15) is 8.78 Å². The summed E-state index contributed by atoms with van der Waals surface area (Å²) in [6, 6.07) is 13.0. The van der Waals surface area contributed by atoms with Crippen molar-refractivity contribution >= 4 is 27.5 Å². The number of rotatable bonds is 5. The first-order valence-electron chi connectivity index (χ1n) is 7.48. The Morgan fingerprint density at radius 1 is 1.15 bits per heavy atom. The highest BCUT2D eigenvalue weighted by atomic mass is 79.9. The maximum absolute atomic E-state index is 12.4. The van der Waals surface area contributed by atoms with Crippen LogP contribution in [-0.2, 0) is 0 Å². The summed E-state index contributed by atoms with van der Waals surface area (Å²) in [6.45, 7) is -1.19. The molecule has 0 radical (unpaired) electrons. The average molecular weight is 423 g/mol. The number of alkyl halides is 2. The Morgan fingerprint density at radius 3 is 2.42 bits per heavy atom. The van der Waals surface area contributed by atoms with E-state index in [2.05, 4.69) is 36.3 Å². The van der Waals surface area contributed by atoms with Crippen molar-refractivity contribution in [3.8, 4) is 11.4 Å². The highest BCUT2D eigenvalue weighted by molar-refractivity contribution is 9.10. The fraction of sp³-hybridized carbons (Fsp3) is 0.118. The molecular weight excluding hydrogens is 410 g/mol.